The fraction of sp³-hybridized carbons (Fsp3) is 0.769. The van der Waals surface area contributed by atoms with E-state index in [0.717, 1.165) is 37.5 Å². The van der Waals surface area contributed by atoms with Crippen LogP contribution in [0.25, 0.3) is 0 Å². The Balaban J connectivity index is 0.00000200. The van der Waals surface area contributed by atoms with E-state index in [0.29, 0.717) is 13.0 Å². The standard InChI is InChI=1S/C13H23N5O.ClH/c1-2-6-10(14)13(19)15-9-12-17-16-11-7-4-3-5-8-18(11)12;/h10H,2-9,14H2,1H3,(H,15,19);1H. The number of rotatable bonds is 5. The summed E-state index contributed by atoms with van der Waals surface area (Å²) in [4.78, 5) is 11.8. The molecule has 2 heterocycles. The average Bonchev–Trinajstić information content (AvgIpc) is 2.64. The number of aromatic nitrogens is 3. The molecule has 1 aromatic rings. The lowest BCUT2D eigenvalue weighted by Gasteiger charge is -2.11. The number of aryl methyl sites for hydroxylation is 1. The van der Waals surface area contributed by atoms with Crippen molar-refractivity contribution in [3.8, 4) is 0 Å². The minimum Gasteiger partial charge on any atom is -0.347 e. The summed E-state index contributed by atoms with van der Waals surface area (Å²) in [6.07, 6.45) is 6.17. The van der Waals surface area contributed by atoms with E-state index in [4.69, 9.17) is 5.73 Å². The second-order valence-corrected chi connectivity index (χ2v) is 5.11. The fourth-order valence-corrected chi connectivity index (χ4v) is 2.42. The summed E-state index contributed by atoms with van der Waals surface area (Å²) < 4.78 is 2.14. The highest BCUT2D eigenvalue weighted by Crippen LogP contribution is 2.14. The van der Waals surface area contributed by atoms with Gasteiger partial charge in [0.25, 0.3) is 0 Å². The van der Waals surface area contributed by atoms with Crippen LogP contribution in [0, 0.1) is 0 Å². The number of carbonyl (C=O) groups is 1. The Labute approximate surface area is 125 Å². The molecule has 1 unspecified atom stereocenters. The second kappa shape index (κ2) is 8.21. The van der Waals surface area contributed by atoms with Gasteiger partial charge >= 0.3 is 0 Å². The Morgan fingerprint density at radius 2 is 2.20 bits per heavy atom. The molecular formula is C13H24ClN5O. The minimum absolute atomic E-state index is 0. The van der Waals surface area contributed by atoms with Gasteiger partial charge in [0.05, 0.1) is 12.6 Å². The average molecular weight is 302 g/mol. The van der Waals surface area contributed by atoms with Gasteiger partial charge in [-0.1, -0.05) is 19.8 Å². The molecule has 0 aliphatic carbocycles. The lowest BCUT2D eigenvalue weighted by molar-refractivity contribution is -0.122. The quantitative estimate of drug-likeness (QED) is 0.855. The third-order valence-electron chi connectivity index (χ3n) is 3.54. The number of halogens is 1. The van der Waals surface area contributed by atoms with Crippen LogP contribution in [0.15, 0.2) is 0 Å². The van der Waals surface area contributed by atoms with Crippen molar-refractivity contribution < 1.29 is 4.79 Å². The number of carbonyl (C=O) groups excluding carboxylic acids is 1. The number of nitrogens with two attached hydrogens (primary N) is 1. The Bertz CT molecular complexity index is 434. The van der Waals surface area contributed by atoms with Gasteiger partial charge in [-0.25, -0.2) is 0 Å². The monoisotopic (exact) mass is 301 g/mol. The lowest BCUT2D eigenvalue weighted by atomic mass is 10.2. The van der Waals surface area contributed by atoms with E-state index in [9.17, 15) is 4.79 Å². The third kappa shape index (κ3) is 4.18. The summed E-state index contributed by atoms with van der Waals surface area (Å²) in [5, 5.41) is 11.2. The summed E-state index contributed by atoms with van der Waals surface area (Å²) in [5.41, 5.74) is 5.78. The van der Waals surface area contributed by atoms with Crippen LogP contribution in [0.4, 0.5) is 0 Å². The molecule has 20 heavy (non-hydrogen) atoms. The van der Waals surface area contributed by atoms with Gasteiger partial charge in [-0.15, -0.1) is 22.6 Å². The Morgan fingerprint density at radius 3 is 2.95 bits per heavy atom. The zero-order chi connectivity index (χ0) is 13.7. The molecule has 1 amide bonds. The van der Waals surface area contributed by atoms with Gasteiger partial charge in [-0.05, 0) is 19.3 Å². The molecule has 0 aromatic carbocycles. The highest BCUT2D eigenvalue weighted by molar-refractivity contribution is 5.85. The van der Waals surface area contributed by atoms with Gasteiger partial charge in [-0.3, -0.25) is 4.79 Å². The van der Waals surface area contributed by atoms with Crippen LogP contribution < -0.4 is 11.1 Å². The van der Waals surface area contributed by atoms with E-state index in [-0.39, 0.29) is 18.3 Å². The molecule has 1 aliphatic heterocycles. The molecule has 7 heteroatoms. The van der Waals surface area contributed by atoms with Crippen LogP contribution in [-0.2, 0) is 24.3 Å². The zero-order valence-electron chi connectivity index (χ0n) is 12.0. The minimum atomic E-state index is -0.420. The summed E-state index contributed by atoms with van der Waals surface area (Å²) in [5.74, 6) is 1.78. The van der Waals surface area contributed by atoms with E-state index < -0.39 is 6.04 Å². The number of hydrogen-bond acceptors (Lipinski definition) is 4. The molecule has 0 radical (unpaired) electrons. The maximum Gasteiger partial charge on any atom is 0.237 e. The molecular weight excluding hydrogens is 278 g/mol. The summed E-state index contributed by atoms with van der Waals surface area (Å²) in [7, 11) is 0. The molecule has 1 atom stereocenters. The van der Waals surface area contributed by atoms with Crippen LogP contribution >= 0.6 is 12.4 Å². The molecule has 3 N–H and O–H groups in total. The van der Waals surface area contributed by atoms with Crippen molar-refractivity contribution in [1.29, 1.82) is 0 Å². The van der Waals surface area contributed by atoms with E-state index in [1.54, 1.807) is 0 Å². The van der Waals surface area contributed by atoms with Crippen molar-refractivity contribution in [1.82, 2.24) is 20.1 Å². The molecule has 0 bridgehead atoms. The van der Waals surface area contributed by atoms with Crippen molar-refractivity contribution in [2.45, 2.75) is 64.6 Å². The molecule has 1 aromatic heterocycles. The van der Waals surface area contributed by atoms with Crippen molar-refractivity contribution >= 4 is 18.3 Å². The van der Waals surface area contributed by atoms with Crippen LogP contribution in [0.3, 0.4) is 0 Å². The highest BCUT2D eigenvalue weighted by Gasteiger charge is 2.16. The Morgan fingerprint density at radius 1 is 1.40 bits per heavy atom. The molecule has 0 saturated carbocycles. The van der Waals surface area contributed by atoms with E-state index >= 15 is 0 Å². The number of hydrogen-bond donors (Lipinski definition) is 2. The molecule has 114 valence electrons. The van der Waals surface area contributed by atoms with Gasteiger partial charge in [-0.2, -0.15) is 0 Å². The second-order valence-electron chi connectivity index (χ2n) is 5.11. The number of nitrogens with zero attached hydrogens (tertiary/aromatic N) is 3. The molecule has 0 fully saturated rings. The first kappa shape index (κ1) is 16.9. The number of amides is 1. The molecule has 1 aliphatic rings. The third-order valence-corrected chi connectivity index (χ3v) is 3.54. The maximum absolute atomic E-state index is 11.8. The van der Waals surface area contributed by atoms with Gasteiger partial charge in [0.15, 0.2) is 5.82 Å². The normalized spacial score (nSPS) is 15.7. The van der Waals surface area contributed by atoms with E-state index in [1.807, 2.05) is 6.92 Å². The first-order valence-electron chi connectivity index (χ1n) is 7.16. The summed E-state index contributed by atoms with van der Waals surface area (Å²) in [6.45, 7) is 3.39. The molecule has 0 spiro atoms. The predicted octanol–water partition coefficient (Wildman–Crippen LogP) is 1.17. The first-order valence-corrected chi connectivity index (χ1v) is 7.16. The lowest BCUT2D eigenvalue weighted by Crippen LogP contribution is -2.40. The van der Waals surface area contributed by atoms with Gasteiger partial charge in [0.1, 0.15) is 5.82 Å². The van der Waals surface area contributed by atoms with Gasteiger partial charge < -0.3 is 15.6 Å². The number of nitrogens with one attached hydrogen (secondary N) is 1. The van der Waals surface area contributed by atoms with Crippen molar-refractivity contribution in [3.63, 3.8) is 0 Å². The van der Waals surface area contributed by atoms with Crippen molar-refractivity contribution in [2.75, 3.05) is 0 Å². The topological polar surface area (TPSA) is 85.8 Å². The van der Waals surface area contributed by atoms with Crippen LogP contribution in [0.5, 0.6) is 0 Å². The fourth-order valence-electron chi connectivity index (χ4n) is 2.42. The zero-order valence-corrected chi connectivity index (χ0v) is 12.8. The Kier molecular flexibility index (Phi) is 6.95. The first-order chi connectivity index (χ1) is 9.22. The molecule has 2 rings (SSSR count). The van der Waals surface area contributed by atoms with Gasteiger partial charge in [0, 0.05) is 13.0 Å². The van der Waals surface area contributed by atoms with Gasteiger partial charge in [0.2, 0.25) is 5.91 Å². The predicted molar refractivity (Wildman–Crippen MR) is 79.6 cm³/mol. The highest BCUT2D eigenvalue weighted by atomic mass is 35.5. The largest absolute Gasteiger partial charge is 0.347 e. The maximum atomic E-state index is 11.8. The van der Waals surface area contributed by atoms with E-state index in [1.165, 1.54) is 12.8 Å². The van der Waals surface area contributed by atoms with Crippen molar-refractivity contribution in [2.24, 2.45) is 5.73 Å². The van der Waals surface area contributed by atoms with Crippen LogP contribution in [-0.4, -0.2) is 26.7 Å². The Hall–Kier alpha value is -1.14. The van der Waals surface area contributed by atoms with Crippen molar-refractivity contribution in [3.05, 3.63) is 11.6 Å². The number of fused-ring (bicyclic) bond motifs is 1. The van der Waals surface area contributed by atoms with E-state index in [2.05, 4.69) is 20.1 Å². The molecule has 0 saturated heterocycles. The van der Waals surface area contributed by atoms with Crippen LogP contribution in [0.1, 0.15) is 50.7 Å². The smallest absolute Gasteiger partial charge is 0.237 e. The SMILES string of the molecule is CCCC(N)C(=O)NCc1nnc2n1CCCCC2.Cl. The summed E-state index contributed by atoms with van der Waals surface area (Å²) >= 11 is 0. The van der Waals surface area contributed by atoms with Crippen LogP contribution in [0.2, 0.25) is 0 Å². The molecule has 6 nitrogen and oxygen atoms in total. The summed E-state index contributed by atoms with van der Waals surface area (Å²) in [6, 6.07) is -0.420.